The second kappa shape index (κ2) is 12.1. The number of hydrogen-bond donors (Lipinski definition) is 2. The van der Waals surface area contributed by atoms with Crippen LogP contribution in [0, 0.1) is 13.8 Å². The topological polar surface area (TPSA) is 74.9 Å². The van der Waals surface area contributed by atoms with E-state index in [-0.39, 0.29) is 30.0 Å². The minimum atomic E-state index is 0. The van der Waals surface area contributed by atoms with E-state index in [0.717, 1.165) is 53.9 Å². The molecule has 2 aromatic rings. The highest BCUT2D eigenvalue weighted by Gasteiger charge is 2.24. The monoisotopic (exact) mass is 527 g/mol. The largest absolute Gasteiger partial charge is 0.496 e. The SMILES string of the molecule is CN=C(NCc1ncc(C)c(OC)c1C)NCC(c1ccco1)N1CCCCC1.I. The Labute approximate surface area is 196 Å². The summed E-state index contributed by atoms with van der Waals surface area (Å²) in [6.45, 7) is 7.56. The van der Waals surface area contributed by atoms with E-state index in [1.54, 1.807) is 20.4 Å². The fourth-order valence-corrected chi connectivity index (χ4v) is 3.95. The van der Waals surface area contributed by atoms with Gasteiger partial charge in [0, 0.05) is 30.9 Å². The molecule has 2 aromatic heterocycles. The summed E-state index contributed by atoms with van der Waals surface area (Å²) in [7, 11) is 3.48. The van der Waals surface area contributed by atoms with Crippen LogP contribution in [0.25, 0.3) is 0 Å². The van der Waals surface area contributed by atoms with Crippen LogP contribution in [0.3, 0.4) is 0 Å². The molecule has 0 radical (unpaired) electrons. The normalized spacial score (nSPS) is 15.9. The van der Waals surface area contributed by atoms with Gasteiger partial charge in [-0.25, -0.2) is 0 Å². The molecule has 1 fully saturated rings. The Hall–Kier alpha value is -1.81. The summed E-state index contributed by atoms with van der Waals surface area (Å²) in [6, 6.07) is 4.21. The Balaban J connectivity index is 0.00000320. The Kier molecular flexibility index (Phi) is 9.90. The first kappa shape index (κ1) is 24.5. The van der Waals surface area contributed by atoms with Crippen LogP contribution < -0.4 is 15.4 Å². The van der Waals surface area contributed by atoms with Crippen LogP contribution in [-0.4, -0.2) is 49.6 Å². The average molecular weight is 527 g/mol. The van der Waals surface area contributed by atoms with E-state index >= 15 is 0 Å². The summed E-state index contributed by atoms with van der Waals surface area (Å²) < 4.78 is 11.2. The second-order valence-corrected chi connectivity index (χ2v) is 7.48. The minimum Gasteiger partial charge on any atom is -0.496 e. The predicted molar refractivity (Wildman–Crippen MR) is 131 cm³/mol. The standard InChI is InChI=1S/C22H33N5O2.HI/c1-16-13-24-18(17(2)21(16)28-4)14-25-22(23-3)26-15-19(20-9-8-12-29-20)27-10-6-5-7-11-27;/h8-9,12-13,19H,5-7,10-11,14-15H2,1-4H3,(H2,23,25,26);1H. The predicted octanol–water partition coefficient (Wildman–Crippen LogP) is 3.81. The quantitative estimate of drug-likeness (QED) is 0.324. The number of aliphatic imine (C=N–C) groups is 1. The highest BCUT2D eigenvalue weighted by molar-refractivity contribution is 14.0. The van der Waals surface area contributed by atoms with Crippen LogP contribution in [-0.2, 0) is 6.54 Å². The lowest BCUT2D eigenvalue weighted by atomic mass is 10.1. The molecule has 1 aliphatic heterocycles. The van der Waals surface area contributed by atoms with Gasteiger partial charge < -0.3 is 19.8 Å². The highest BCUT2D eigenvalue weighted by atomic mass is 127. The van der Waals surface area contributed by atoms with Crippen molar-refractivity contribution in [3.63, 3.8) is 0 Å². The Morgan fingerprint density at radius 1 is 1.27 bits per heavy atom. The summed E-state index contributed by atoms with van der Waals surface area (Å²) in [5.74, 6) is 2.64. The van der Waals surface area contributed by atoms with Gasteiger partial charge >= 0.3 is 0 Å². The molecule has 3 heterocycles. The van der Waals surface area contributed by atoms with E-state index < -0.39 is 0 Å². The molecule has 0 aromatic carbocycles. The zero-order valence-corrected chi connectivity index (χ0v) is 20.7. The summed E-state index contributed by atoms with van der Waals surface area (Å²) in [6.07, 6.45) is 7.39. The first-order chi connectivity index (χ1) is 14.1. The molecule has 1 atom stereocenters. The molecule has 0 saturated carbocycles. The summed E-state index contributed by atoms with van der Waals surface area (Å²) in [4.78, 5) is 11.4. The van der Waals surface area contributed by atoms with E-state index in [1.165, 1.54) is 19.3 Å². The van der Waals surface area contributed by atoms with Crippen molar-refractivity contribution < 1.29 is 9.15 Å². The van der Waals surface area contributed by atoms with Crippen molar-refractivity contribution >= 4 is 29.9 Å². The number of ether oxygens (including phenoxy) is 1. The molecular weight excluding hydrogens is 493 g/mol. The van der Waals surface area contributed by atoms with Crippen LogP contribution in [0.5, 0.6) is 5.75 Å². The van der Waals surface area contributed by atoms with Crippen LogP contribution in [0.4, 0.5) is 0 Å². The number of piperidine rings is 1. The molecule has 7 nitrogen and oxygen atoms in total. The molecule has 1 aliphatic rings. The molecule has 1 unspecified atom stereocenters. The maximum Gasteiger partial charge on any atom is 0.191 e. The van der Waals surface area contributed by atoms with E-state index in [9.17, 15) is 0 Å². The number of methoxy groups -OCH3 is 1. The number of nitrogens with zero attached hydrogens (tertiary/aromatic N) is 3. The van der Waals surface area contributed by atoms with Crippen molar-refractivity contribution in [3.8, 4) is 5.75 Å². The molecule has 1 saturated heterocycles. The third kappa shape index (κ3) is 6.10. The molecule has 8 heteroatoms. The van der Waals surface area contributed by atoms with Gasteiger partial charge in [-0.15, -0.1) is 24.0 Å². The van der Waals surface area contributed by atoms with Crippen LogP contribution >= 0.6 is 24.0 Å². The van der Waals surface area contributed by atoms with Crippen LogP contribution in [0.1, 0.15) is 47.9 Å². The third-order valence-electron chi connectivity index (χ3n) is 5.56. The van der Waals surface area contributed by atoms with E-state index in [4.69, 9.17) is 9.15 Å². The fraction of sp³-hybridized carbons (Fsp3) is 0.545. The van der Waals surface area contributed by atoms with Crippen molar-refractivity contribution in [2.45, 2.75) is 45.7 Å². The molecule has 0 spiro atoms. The summed E-state index contributed by atoms with van der Waals surface area (Å²) in [5, 5.41) is 6.84. The van der Waals surface area contributed by atoms with Crippen molar-refractivity contribution in [3.05, 3.63) is 47.2 Å². The lowest BCUT2D eigenvalue weighted by molar-refractivity contribution is 0.146. The number of halogens is 1. The van der Waals surface area contributed by atoms with Gasteiger partial charge in [-0.1, -0.05) is 6.42 Å². The van der Waals surface area contributed by atoms with Gasteiger partial charge in [0.25, 0.3) is 0 Å². The first-order valence-electron chi connectivity index (χ1n) is 10.3. The third-order valence-corrected chi connectivity index (χ3v) is 5.56. The number of nitrogens with one attached hydrogen (secondary N) is 2. The van der Waals surface area contributed by atoms with Gasteiger partial charge in [0.05, 0.1) is 31.7 Å². The molecule has 2 N–H and O–H groups in total. The first-order valence-corrected chi connectivity index (χ1v) is 10.3. The van der Waals surface area contributed by atoms with Gasteiger partial charge in [0.1, 0.15) is 11.5 Å². The van der Waals surface area contributed by atoms with Crippen LogP contribution in [0.2, 0.25) is 0 Å². The number of furan rings is 1. The molecule has 30 heavy (non-hydrogen) atoms. The number of aromatic nitrogens is 1. The number of pyridine rings is 1. The average Bonchev–Trinajstić information content (AvgIpc) is 3.27. The summed E-state index contributed by atoms with van der Waals surface area (Å²) in [5.41, 5.74) is 3.05. The van der Waals surface area contributed by atoms with E-state index in [2.05, 4.69) is 31.6 Å². The zero-order chi connectivity index (χ0) is 20.6. The number of hydrogen-bond acceptors (Lipinski definition) is 5. The maximum absolute atomic E-state index is 5.73. The molecule has 166 valence electrons. The van der Waals surface area contributed by atoms with Gasteiger partial charge in [-0.05, 0) is 51.9 Å². The lowest BCUT2D eigenvalue weighted by Gasteiger charge is -2.33. The smallest absolute Gasteiger partial charge is 0.191 e. The zero-order valence-electron chi connectivity index (χ0n) is 18.4. The molecule has 0 amide bonds. The van der Waals surface area contributed by atoms with Crippen molar-refractivity contribution in [1.29, 1.82) is 0 Å². The lowest BCUT2D eigenvalue weighted by Crippen LogP contribution is -2.44. The van der Waals surface area contributed by atoms with Gasteiger partial charge in [-0.3, -0.25) is 14.9 Å². The summed E-state index contributed by atoms with van der Waals surface area (Å²) >= 11 is 0. The van der Waals surface area contributed by atoms with Gasteiger partial charge in [0.2, 0.25) is 0 Å². The number of likely N-dealkylation sites (tertiary alicyclic amines) is 1. The number of rotatable bonds is 7. The van der Waals surface area contributed by atoms with Crippen molar-refractivity contribution in [2.24, 2.45) is 4.99 Å². The molecule has 0 aliphatic carbocycles. The maximum atomic E-state index is 5.73. The van der Waals surface area contributed by atoms with Crippen molar-refractivity contribution in [2.75, 3.05) is 33.8 Å². The number of aryl methyl sites for hydroxylation is 1. The van der Waals surface area contributed by atoms with E-state index in [1.807, 2.05) is 26.1 Å². The minimum absolute atomic E-state index is 0. The van der Waals surface area contributed by atoms with E-state index in [0.29, 0.717) is 6.54 Å². The second-order valence-electron chi connectivity index (χ2n) is 7.48. The molecule has 3 rings (SSSR count). The number of guanidine groups is 1. The van der Waals surface area contributed by atoms with Gasteiger partial charge in [0.15, 0.2) is 5.96 Å². The van der Waals surface area contributed by atoms with Crippen molar-refractivity contribution in [1.82, 2.24) is 20.5 Å². The Morgan fingerprint density at radius 2 is 2.03 bits per heavy atom. The Morgan fingerprint density at radius 3 is 2.67 bits per heavy atom. The van der Waals surface area contributed by atoms with Gasteiger partial charge in [-0.2, -0.15) is 0 Å². The highest BCUT2D eigenvalue weighted by Crippen LogP contribution is 2.25. The fourth-order valence-electron chi connectivity index (χ4n) is 3.95. The molecular formula is C22H34IN5O2. The van der Waals surface area contributed by atoms with Crippen LogP contribution in [0.15, 0.2) is 34.0 Å². The Bertz CT molecular complexity index is 804. The molecule has 0 bridgehead atoms.